The maximum atomic E-state index is 12.1. The Morgan fingerprint density at radius 3 is 2.75 bits per heavy atom. The van der Waals surface area contributed by atoms with E-state index in [1.165, 1.54) is 18.3 Å². The van der Waals surface area contributed by atoms with Crippen molar-refractivity contribution >= 4 is 29.4 Å². The zero-order valence-corrected chi connectivity index (χ0v) is 12.2. The second-order valence-electron chi connectivity index (χ2n) is 5.20. The molecule has 6 nitrogen and oxygen atoms in total. The molecule has 1 aliphatic heterocycles. The first-order chi connectivity index (χ1) is 9.37. The van der Waals surface area contributed by atoms with E-state index in [4.69, 9.17) is 5.11 Å². The molecule has 1 aromatic heterocycles. The van der Waals surface area contributed by atoms with Crippen LogP contribution in [-0.2, 0) is 0 Å². The number of aromatic carboxylic acids is 1. The monoisotopic (exact) mass is 295 g/mol. The Balaban J connectivity index is 1.99. The third-order valence-corrected chi connectivity index (χ3v) is 4.24. The Kier molecular flexibility index (Phi) is 4.17. The summed E-state index contributed by atoms with van der Waals surface area (Å²) in [5, 5.41) is 11.5. The summed E-state index contributed by atoms with van der Waals surface area (Å²) in [7, 11) is 0. The minimum absolute atomic E-state index is 0.0431. The third kappa shape index (κ3) is 3.63. The fourth-order valence-electron chi connectivity index (χ4n) is 1.99. The van der Waals surface area contributed by atoms with E-state index in [-0.39, 0.29) is 16.5 Å². The number of hydrogen-bond acceptors (Lipinski definition) is 4. The van der Waals surface area contributed by atoms with Crippen molar-refractivity contribution in [2.75, 3.05) is 24.2 Å². The molecule has 0 radical (unpaired) electrons. The van der Waals surface area contributed by atoms with Crippen molar-refractivity contribution in [1.29, 1.82) is 0 Å². The predicted molar refractivity (Wildman–Crippen MR) is 78.3 cm³/mol. The molecule has 1 fully saturated rings. The molecule has 108 valence electrons. The molecule has 0 unspecified atom stereocenters. The van der Waals surface area contributed by atoms with Crippen LogP contribution in [0.5, 0.6) is 0 Å². The summed E-state index contributed by atoms with van der Waals surface area (Å²) >= 11 is 1.85. The molecule has 0 saturated carbocycles. The van der Waals surface area contributed by atoms with Crippen LogP contribution in [0.15, 0.2) is 18.3 Å². The third-order valence-electron chi connectivity index (χ3n) is 2.95. The Hall–Kier alpha value is -1.76. The van der Waals surface area contributed by atoms with Crippen LogP contribution in [-0.4, -0.2) is 50.6 Å². The number of anilines is 1. The molecule has 0 aliphatic carbocycles. The van der Waals surface area contributed by atoms with E-state index in [9.17, 15) is 9.59 Å². The predicted octanol–water partition coefficient (Wildman–Crippen LogP) is 2.14. The molecule has 1 saturated heterocycles. The number of thioether (sulfide) groups is 1. The van der Waals surface area contributed by atoms with Crippen molar-refractivity contribution in [2.24, 2.45) is 0 Å². The number of hydrogen-bond donors (Lipinski definition) is 2. The van der Waals surface area contributed by atoms with E-state index in [0.29, 0.717) is 18.8 Å². The molecule has 2 amide bonds. The molecule has 0 aromatic carbocycles. The van der Waals surface area contributed by atoms with Gasteiger partial charge in [0, 0.05) is 23.6 Å². The van der Waals surface area contributed by atoms with E-state index in [1.54, 1.807) is 4.90 Å². The molecule has 2 rings (SSSR count). The SMILES string of the molecule is CC1(C)CN(C(=O)Nc2ccc(C(=O)O)nc2)CCS1. The lowest BCUT2D eigenvalue weighted by atomic mass is 10.2. The van der Waals surface area contributed by atoms with Gasteiger partial charge in [0.2, 0.25) is 0 Å². The Morgan fingerprint density at radius 2 is 2.20 bits per heavy atom. The highest BCUT2D eigenvalue weighted by Gasteiger charge is 2.29. The largest absolute Gasteiger partial charge is 0.477 e. The standard InChI is InChI=1S/C13H17N3O3S/c1-13(2)8-16(5-6-20-13)12(19)15-9-3-4-10(11(17)18)14-7-9/h3-4,7H,5-6,8H2,1-2H3,(H,15,19)(H,17,18). The summed E-state index contributed by atoms with van der Waals surface area (Å²) in [6, 6.07) is 2.73. The van der Waals surface area contributed by atoms with Crippen molar-refractivity contribution in [3.8, 4) is 0 Å². The van der Waals surface area contributed by atoms with Gasteiger partial charge >= 0.3 is 12.0 Å². The minimum Gasteiger partial charge on any atom is -0.477 e. The van der Waals surface area contributed by atoms with Crippen molar-refractivity contribution < 1.29 is 14.7 Å². The second-order valence-corrected chi connectivity index (χ2v) is 7.00. The van der Waals surface area contributed by atoms with Crippen LogP contribution < -0.4 is 5.32 Å². The van der Waals surface area contributed by atoms with Crippen molar-refractivity contribution in [1.82, 2.24) is 9.88 Å². The fraction of sp³-hybridized carbons (Fsp3) is 0.462. The topological polar surface area (TPSA) is 82.5 Å². The van der Waals surface area contributed by atoms with Gasteiger partial charge in [-0.3, -0.25) is 0 Å². The van der Waals surface area contributed by atoms with Crippen LogP contribution in [0.3, 0.4) is 0 Å². The fourth-order valence-corrected chi connectivity index (χ4v) is 3.10. The lowest BCUT2D eigenvalue weighted by Crippen LogP contribution is -2.47. The molecule has 20 heavy (non-hydrogen) atoms. The Morgan fingerprint density at radius 1 is 1.45 bits per heavy atom. The minimum atomic E-state index is -1.09. The molecule has 2 N–H and O–H groups in total. The van der Waals surface area contributed by atoms with Crippen molar-refractivity contribution in [3.63, 3.8) is 0 Å². The summed E-state index contributed by atoms with van der Waals surface area (Å²) in [4.78, 5) is 28.4. The van der Waals surface area contributed by atoms with Gasteiger partial charge in [-0.2, -0.15) is 11.8 Å². The molecule has 1 aromatic rings. The maximum absolute atomic E-state index is 12.1. The number of nitrogens with one attached hydrogen (secondary N) is 1. The van der Waals surface area contributed by atoms with Crippen LogP contribution in [0.25, 0.3) is 0 Å². The normalized spacial score (nSPS) is 17.6. The molecule has 1 aliphatic rings. The van der Waals surface area contributed by atoms with Crippen LogP contribution in [0.2, 0.25) is 0 Å². The van der Waals surface area contributed by atoms with E-state index in [1.807, 2.05) is 11.8 Å². The number of carboxylic acids is 1. The number of carbonyl (C=O) groups is 2. The number of carboxylic acid groups (broad SMARTS) is 1. The number of rotatable bonds is 2. The van der Waals surface area contributed by atoms with Gasteiger partial charge in [0.1, 0.15) is 5.69 Å². The first-order valence-electron chi connectivity index (χ1n) is 6.27. The summed E-state index contributed by atoms with van der Waals surface area (Å²) < 4.78 is 0.0566. The Labute approximate surface area is 121 Å². The highest BCUT2D eigenvalue weighted by Crippen LogP contribution is 2.29. The van der Waals surface area contributed by atoms with Crippen LogP contribution in [0.4, 0.5) is 10.5 Å². The first kappa shape index (κ1) is 14.6. The van der Waals surface area contributed by atoms with E-state index < -0.39 is 5.97 Å². The quantitative estimate of drug-likeness (QED) is 0.873. The number of amides is 2. The lowest BCUT2D eigenvalue weighted by molar-refractivity contribution is 0.0690. The van der Waals surface area contributed by atoms with E-state index in [2.05, 4.69) is 24.1 Å². The smallest absolute Gasteiger partial charge is 0.354 e. The van der Waals surface area contributed by atoms with Gasteiger partial charge < -0.3 is 15.3 Å². The summed E-state index contributed by atoms with van der Waals surface area (Å²) in [6.07, 6.45) is 1.35. The highest BCUT2D eigenvalue weighted by molar-refractivity contribution is 8.00. The average Bonchev–Trinajstić information content (AvgIpc) is 2.38. The number of urea groups is 1. The summed E-state index contributed by atoms with van der Waals surface area (Å²) in [5.41, 5.74) is 0.453. The molecule has 0 atom stereocenters. The van der Waals surface area contributed by atoms with Gasteiger partial charge in [0.15, 0.2) is 0 Å². The first-order valence-corrected chi connectivity index (χ1v) is 7.25. The second kappa shape index (κ2) is 5.70. The zero-order chi connectivity index (χ0) is 14.8. The number of nitrogens with zero attached hydrogens (tertiary/aromatic N) is 2. The number of pyridine rings is 1. The van der Waals surface area contributed by atoms with Gasteiger partial charge in [-0.25, -0.2) is 14.6 Å². The molecule has 0 bridgehead atoms. The molecular formula is C13H17N3O3S. The summed E-state index contributed by atoms with van der Waals surface area (Å²) in [6.45, 7) is 5.62. The highest BCUT2D eigenvalue weighted by atomic mass is 32.2. The van der Waals surface area contributed by atoms with Gasteiger partial charge in [-0.15, -0.1) is 0 Å². The maximum Gasteiger partial charge on any atom is 0.354 e. The van der Waals surface area contributed by atoms with Crippen molar-refractivity contribution in [3.05, 3.63) is 24.0 Å². The van der Waals surface area contributed by atoms with E-state index >= 15 is 0 Å². The lowest BCUT2D eigenvalue weighted by Gasteiger charge is -2.37. The molecule has 7 heteroatoms. The number of carbonyl (C=O) groups excluding carboxylic acids is 1. The Bertz CT molecular complexity index is 516. The van der Waals surface area contributed by atoms with Crippen LogP contribution >= 0.6 is 11.8 Å². The van der Waals surface area contributed by atoms with Crippen LogP contribution in [0, 0.1) is 0 Å². The van der Waals surface area contributed by atoms with Crippen molar-refractivity contribution in [2.45, 2.75) is 18.6 Å². The average molecular weight is 295 g/mol. The van der Waals surface area contributed by atoms with Gasteiger partial charge in [0.25, 0.3) is 0 Å². The molecular weight excluding hydrogens is 278 g/mol. The number of aromatic nitrogens is 1. The van der Waals surface area contributed by atoms with Gasteiger partial charge in [-0.1, -0.05) is 0 Å². The van der Waals surface area contributed by atoms with Gasteiger partial charge in [-0.05, 0) is 26.0 Å². The zero-order valence-electron chi connectivity index (χ0n) is 11.4. The molecule has 0 spiro atoms. The summed E-state index contributed by atoms with van der Waals surface area (Å²) in [5.74, 6) is -0.172. The van der Waals surface area contributed by atoms with Crippen LogP contribution in [0.1, 0.15) is 24.3 Å². The van der Waals surface area contributed by atoms with Gasteiger partial charge in [0.05, 0.1) is 11.9 Å². The molecule has 2 heterocycles. The van der Waals surface area contributed by atoms with E-state index in [0.717, 1.165) is 5.75 Å².